The lowest BCUT2D eigenvalue weighted by molar-refractivity contribution is -0.116. The van der Waals surface area contributed by atoms with Crippen molar-refractivity contribution < 1.29 is 19.0 Å². The van der Waals surface area contributed by atoms with E-state index in [1.165, 1.54) is 10.6 Å². The zero-order valence-electron chi connectivity index (χ0n) is 16.9. The predicted octanol–water partition coefficient (Wildman–Crippen LogP) is 1.18. The summed E-state index contributed by atoms with van der Waals surface area (Å²) in [5, 5.41) is 2.83. The van der Waals surface area contributed by atoms with Crippen LogP contribution in [0.3, 0.4) is 0 Å². The summed E-state index contributed by atoms with van der Waals surface area (Å²) < 4.78 is 17.2. The van der Waals surface area contributed by atoms with E-state index >= 15 is 0 Å². The molecule has 3 rings (SSSR count). The number of nitrogens with zero attached hydrogens (tertiary/aromatic N) is 3. The normalized spacial score (nSPS) is 14.0. The monoisotopic (exact) mass is 402 g/mol. The molecule has 0 saturated carbocycles. The van der Waals surface area contributed by atoms with E-state index in [0.717, 1.165) is 5.56 Å². The first-order valence-electron chi connectivity index (χ1n) is 9.38. The number of benzene rings is 1. The summed E-state index contributed by atoms with van der Waals surface area (Å²) >= 11 is 0. The highest BCUT2D eigenvalue weighted by atomic mass is 16.5. The number of aromatic nitrogens is 2. The topological polar surface area (TPSA) is 94.9 Å². The van der Waals surface area contributed by atoms with Crippen LogP contribution in [0.25, 0.3) is 0 Å². The maximum Gasteiger partial charge on any atom is 0.255 e. The minimum absolute atomic E-state index is 0.164. The molecule has 0 aliphatic carbocycles. The molecule has 9 heteroatoms. The fourth-order valence-electron chi connectivity index (χ4n) is 3.17. The lowest BCUT2D eigenvalue weighted by Gasteiger charge is -2.29. The van der Waals surface area contributed by atoms with Gasteiger partial charge in [-0.05, 0) is 24.6 Å². The largest absolute Gasteiger partial charge is 0.495 e. The van der Waals surface area contributed by atoms with Crippen molar-refractivity contribution in [1.29, 1.82) is 0 Å². The third-order valence-corrected chi connectivity index (χ3v) is 4.56. The average Bonchev–Trinajstić information content (AvgIpc) is 2.71. The Balaban J connectivity index is 1.88. The molecule has 1 aromatic carbocycles. The summed E-state index contributed by atoms with van der Waals surface area (Å²) in [6.07, 6.45) is 0. The number of carbonyl (C=O) groups excluding carboxylic acids is 1. The number of carbonyl (C=O) groups is 1. The van der Waals surface area contributed by atoms with Crippen molar-refractivity contribution in [3.05, 3.63) is 45.9 Å². The maximum absolute atomic E-state index is 12.7. The fourth-order valence-corrected chi connectivity index (χ4v) is 3.17. The molecule has 9 nitrogen and oxygen atoms in total. The molecule has 1 aliphatic rings. The molecule has 0 spiro atoms. The van der Waals surface area contributed by atoms with Crippen molar-refractivity contribution in [3.8, 4) is 5.75 Å². The minimum atomic E-state index is -0.341. The molecule has 0 atom stereocenters. The maximum atomic E-state index is 12.7. The standard InChI is InChI=1S/C20H26N4O5/c1-14-4-5-17(28-3)16(10-14)22-18(25)12-24-19(26)11-15(13-27-2)21-20(24)23-6-8-29-9-7-23/h4-5,10-11H,6-9,12-13H2,1-3H3,(H,22,25). The summed E-state index contributed by atoms with van der Waals surface area (Å²) in [7, 11) is 3.09. The Morgan fingerprint density at radius 3 is 2.69 bits per heavy atom. The summed E-state index contributed by atoms with van der Waals surface area (Å²) in [6.45, 7) is 4.25. The molecular weight excluding hydrogens is 376 g/mol. The van der Waals surface area contributed by atoms with E-state index in [4.69, 9.17) is 14.2 Å². The van der Waals surface area contributed by atoms with Crippen LogP contribution in [-0.4, -0.2) is 56.0 Å². The van der Waals surface area contributed by atoms with Crippen molar-refractivity contribution in [2.24, 2.45) is 0 Å². The molecule has 1 aromatic heterocycles. The number of anilines is 2. The SMILES string of the molecule is COCc1cc(=O)n(CC(=O)Nc2cc(C)ccc2OC)c(N2CCOCC2)n1. The number of nitrogens with one attached hydrogen (secondary N) is 1. The van der Waals surface area contributed by atoms with Crippen molar-refractivity contribution in [1.82, 2.24) is 9.55 Å². The van der Waals surface area contributed by atoms with Gasteiger partial charge >= 0.3 is 0 Å². The number of methoxy groups -OCH3 is 2. The van der Waals surface area contributed by atoms with Crippen molar-refractivity contribution in [2.75, 3.05) is 50.7 Å². The first kappa shape index (κ1) is 20.8. The van der Waals surface area contributed by atoms with Gasteiger partial charge < -0.3 is 24.4 Å². The van der Waals surface area contributed by atoms with Crippen LogP contribution >= 0.6 is 0 Å². The van der Waals surface area contributed by atoms with Crippen LogP contribution in [-0.2, 0) is 27.4 Å². The van der Waals surface area contributed by atoms with Crippen LogP contribution in [0.4, 0.5) is 11.6 Å². The number of morpholine rings is 1. The third kappa shape index (κ3) is 5.12. The smallest absolute Gasteiger partial charge is 0.255 e. The Kier molecular flexibility index (Phi) is 6.84. The van der Waals surface area contributed by atoms with Gasteiger partial charge in [-0.2, -0.15) is 0 Å². The highest BCUT2D eigenvalue weighted by Crippen LogP contribution is 2.25. The van der Waals surface area contributed by atoms with Gasteiger partial charge in [0.25, 0.3) is 5.56 Å². The first-order chi connectivity index (χ1) is 14.0. The molecule has 156 valence electrons. The summed E-state index contributed by atoms with van der Waals surface area (Å²) in [5.41, 5.74) is 1.76. The van der Waals surface area contributed by atoms with Gasteiger partial charge in [-0.1, -0.05) is 6.07 Å². The molecule has 2 heterocycles. The average molecular weight is 402 g/mol. The lowest BCUT2D eigenvalue weighted by atomic mass is 10.2. The van der Waals surface area contributed by atoms with E-state index in [1.54, 1.807) is 20.3 Å². The van der Waals surface area contributed by atoms with Gasteiger partial charge in [0.2, 0.25) is 11.9 Å². The van der Waals surface area contributed by atoms with Crippen LogP contribution in [0, 0.1) is 6.92 Å². The van der Waals surface area contributed by atoms with E-state index in [2.05, 4.69) is 10.3 Å². The van der Waals surface area contributed by atoms with E-state index in [1.807, 2.05) is 24.0 Å². The fraction of sp³-hybridized carbons (Fsp3) is 0.450. The molecule has 0 bridgehead atoms. The number of rotatable bonds is 7. The number of hydrogen-bond donors (Lipinski definition) is 1. The Morgan fingerprint density at radius 2 is 2.00 bits per heavy atom. The van der Waals surface area contributed by atoms with Gasteiger partial charge in [-0.25, -0.2) is 4.98 Å². The number of hydrogen-bond acceptors (Lipinski definition) is 7. The molecule has 0 unspecified atom stereocenters. The summed E-state index contributed by atoms with van der Waals surface area (Å²) in [4.78, 5) is 32.0. The van der Waals surface area contributed by atoms with Crippen molar-refractivity contribution in [3.63, 3.8) is 0 Å². The van der Waals surface area contributed by atoms with Crippen LogP contribution in [0.5, 0.6) is 5.75 Å². The van der Waals surface area contributed by atoms with Crippen LogP contribution in [0.1, 0.15) is 11.3 Å². The molecule has 0 radical (unpaired) electrons. The van der Waals surface area contributed by atoms with Crippen LogP contribution < -0.4 is 20.5 Å². The van der Waals surface area contributed by atoms with Crippen molar-refractivity contribution >= 4 is 17.5 Å². The second-order valence-corrected chi connectivity index (χ2v) is 6.76. The molecule has 1 aliphatic heterocycles. The van der Waals surface area contributed by atoms with Crippen molar-refractivity contribution in [2.45, 2.75) is 20.1 Å². The van der Waals surface area contributed by atoms with Crippen LogP contribution in [0.2, 0.25) is 0 Å². The molecule has 1 N–H and O–H groups in total. The molecule has 1 fully saturated rings. The van der Waals surface area contributed by atoms with Gasteiger partial charge in [0.1, 0.15) is 12.3 Å². The van der Waals surface area contributed by atoms with Gasteiger partial charge in [0, 0.05) is 26.3 Å². The lowest BCUT2D eigenvalue weighted by Crippen LogP contribution is -2.42. The first-order valence-corrected chi connectivity index (χ1v) is 9.38. The molecule has 1 amide bonds. The van der Waals surface area contributed by atoms with E-state index < -0.39 is 0 Å². The zero-order valence-corrected chi connectivity index (χ0v) is 16.9. The third-order valence-electron chi connectivity index (χ3n) is 4.56. The molecule has 1 saturated heterocycles. The van der Waals surface area contributed by atoms with Gasteiger partial charge in [-0.15, -0.1) is 0 Å². The second-order valence-electron chi connectivity index (χ2n) is 6.76. The predicted molar refractivity (Wildman–Crippen MR) is 109 cm³/mol. The molecule has 29 heavy (non-hydrogen) atoms. The van der Waals surface area contributed by atoms with Gasteiger partial charge in [-0.3, -0.25) is 14.2 Å². The van der Waals surface area contributed by atoms with Crippen LogP contribution in [0.15, 0.2) is 29.1 Å². The van der Waals surface area contributed by atoms with Gasteiger partial charge in [0.05, 0.1) is 38.3 Å². The van der Waals surface area contributed by atoms with Gasteiger partial charge in [0.15, 0.2) is 0 Å². The molecular formula is C20H26N4O5. The number of ether oxygens (including phenoxy) is 3. The quantitative estimate of drug-likeness (QED) is 0.743. The minimum Gasteiger partial charge on any atom is -0.495 e. The Bertz CT molecular complexity index is 922. The highest BCUT2D eigenvalue weighted by Gasteiger charge is 2.20. The van der Waals surface area contributed by atoms with E-state index in [0.29, 0.717) is 49.4 Å². The molecule has 2 aromatic rings. The number of amides is 1. The Labute approximate surface area is 169 Å². The Hall–Kier alpha value is -2.91. The Morgan fingerprint density at radius 1 is 1.24 bits per heavy atom. The highest BCUT2D eigenvalue weighted by molar-refractivity contribution is 5.92. The van der Waals surface area contributed by atoms with E-state index in [9.17, 15) is 9.59 Å². The summed E-state index contributed by atoms with van der Waals surface area (Å²) in [6, 6.07) is 6.90. The second kappa shape index (κ2) is 9.53. The zero-order chi connectivity index (χ0) is 20.8. The summed E-state index contributed by atoms with van der Waals surface area (Å²) in [5.74, 6) is 0.657. The number of aryl methyl sites for hydroxylation is 1. The van der Waals surface area contributed by atoms with E-state index in [-0.39, 0.29) is 24.6 Å².